The molecular formula is C15H20O4. The van der Waals surface area contributed by atoms with Crippen LogP contribution >= 0.6 is 0 Å². The third-order valence-corrected chi connectivity index (χ3v) is 3.66. The number of allylic oxidation sites excluding steroid dienone is 1. The zero-order valence-corrected chi connectivity index (χ0v) is 11.4. The predicted octanol–water partition coefficient (Wildman–Crippen LogP) is 2.19. The van der Waals surface area contributed by atoms with E-state index in [9.17, 15) is 9.59 Å². The first kappa shape index (κ1) is 14.0. The Morgan fingerprint density at radius 3 is 3.00 bits per heavy atom. The number of carbonyl (C=O) groups is 2. The second-order valence-corrected chi connectivity index (χ2v) is 5.14. The monoisotopic (exact) mass is 264 g/mol. The Hall–Kier alpha value is -1.42. The molecule has 4 nitrogen and oxygen atoms in total. The van der Waals surface area contributed by atoms with Crippen LogP contribution in [0.4, 0.5) is 0 Å². The second-order valence-electron chi connectivity index (χ2n) is 5.14. The van der Waals surface area contributed by atoms with Gasteiger partial charge in [0.2, 0.25) is 0 Å². The van der Waals surface area contributed by atoms with Crippen LogP contribution in [-0.2, 0) is 19.1 Å². The van der Waals surface area contributed by atoms with Gasteiger partial charge in [-0.2, -0.15) is 0 Å². The average molecular weight is 264 g/mol. The van der Waals surface area contributed by atoms with Crippen molar-refractivity contribution in [3.8, 4) is 0 Å². The molecule has 0 N–H and O–H groups in total. The van der Waals surface area contributed by atoms with Crippen molar-refractivity contribution >= 4 is 11.8 Å². The molecule has 0 saturated heterocycles. The van der Waals surface area contributed by atoms with Crippen LogP contribution in [0.25, 0.3) is 0 Å². The van der Waals surface area contributed by atoms with E-state index < -0.39 is 6.10 Å². The maximum Gasteiger partial charge on any atom is 0.302 e. The van der Waals surface area contributed by atoms with Gasteiger partial charge in [-0.15, -0.1) is 0 Å². The van der Waals surface area contributed by atoms with Gasteiger partial charge in [0.05, 0.1) is 0 Å². The number of hydrogen-bond acceptors (Lipinski definition) is 4. The summed E-state index contributed by atoms with van der Waals surface area (Å²) in [4.78, 5) is 22.8. The molecule has 0 bridgehead atoms. The first-order valence-electron chi connectivity index (χ1n) is 6.75. The van der Waals surface area contributed by atoms with Crippen LogP contribution in [0.1, 0.15) is 33.1 Å². The highest BCUT2D eigenvalue weighted by atomic mass is 16.6. The Labute approximate surface area is 113 Å². The largest absolute Gasteiger partial charge is 0.463 e. The van der Waals surface area contributed by atoms with Crippen molar-refractivity contribution in [2.24, 2.45) is 5.92 Å². The van der Waals surface area contributed by atoms with Crippen LogP contribution in [0, 0.1) is 5.92 Å². The van der Waals surface area contributed by atoms with Gasteiger partial charge in [0.25, 0.3) is 0 Å². The van der Waals surface area contributed by atoms with Gasteiger partial charge in [0.1, 0.15) is 18.8 Å². The molecule has 0 aromatic carbocycles. The quantitative estimate of drug-likeness (QED) is 0.579. The van der Waals surface area contributed by atoms with Gasteiger partial charge in [-0.1, -0.05) is 11.6 Å². The van der Waals surface area contributed by atoms with Crippen LogP contribution in [0.2, 0.25) is 0 Å². The molecular weight excluding hydrogens is 244 g/mol. The topological polar surface area (TPSA) is 52.6 Å². The van der Waals surface area contributed by atoms with E-state index in [1.54, 1.807) is 12.2 Å². The molecule has 2 aliphatic rings. The van der Waals surface area contributed by atoms with Gasteiger partial charge < -0.3 is 9.47 Å². The lowest BCUT2D eigenvalue weighted by atomic mass is 9.82. The summed E-state index contributed by atoms with van der Waals surface area (Å²) in [5.74, 6) is -0.163. The molecule has 2 rings (SSSR count). The Morgan fingerprint density at radius 1 is 1.53 bits per heavy atom. The predicted molar refractivity (Wildman–Crippen MR) is 70.5 cm³/mol. The molecule has 3 atom stereocenters. The van der Waals surface area contributed by atoms with Crippen molar-refractivity contribution in [1.29, 1.82) is 0 Å². The molecule has 1 aliphatic heterocycles. The summed E-state index contributed by atoms with van der Waals surface area (Å²) in [5.41, 5.74) is 1.23. The molecule has 19 heavy (non-hydrogen) atoms. The fourth-order valence-electron chi connectivity index (χ4n) is 2.62. The van der Waals surface area contributed by atoms with Crippen LogP contribution in [-0.4, -0.2) is 30.6 Å². The summed E-state index contributed by atoms with van der Waals surface area (Å²) in [7, 11) is 0. The van der Waals surface area contributed by atoms with Crippen molar-refractivity contribution in [1.82, 2.24) is 0 Å². The highest BCUT2D eigenvalue weighted by Gasteiger charge is 2.34. The number of esters is 1. The number of hydrogen-bond donors (Lipinski definition) is 0. The summed E-state index contributed by atoms with van der Waals surface area (Å²) < 4.78 is 10.7. The number of carbonyl (C=O) groups excluding carboxylic acids is 2. The van der Waals surface area contributed by atoms with Crippen molar-refractivity contribution < 1.29 is 19.1 Å². The standard InChI is InChI=1S/C15H20O4/c1-10-5-3-4-6-13(10)15-14(17)8-7-12(19-15)9-18-11(2)16/h5,7-8,12-13,15H,3-4,6,9H2,1-2H3/t12-,13?,15+/m0/s1. The van der Waals surface area contributed by atoms with E-state index in [1.807, 2.05) is 0 Å². The molecule has 104 valence electrons. The van der Waals surface area contributed by atoms with Crippen molar-refractivity contribution in [2.45, 2.75) is 45.3 Å². The van der Waals surface area contributed by atoms with E-state index >= 15 is 0 Å². The fourth-order valence-corrected chi connectivity index (χ4v) is 2.62. The lowest BCUT2D eigenvalue weighted by Crippen LogP contribution is -2.40. The highest BCUT2D eigenvalue weighted by Crippen LogP contribution is 2.31. The molecule has 0 aromatic heterocycles. The summed E-state index contributed by atoms with van der Waals surface area (Å²) >= 11 is 0. The van der Waals surface area contributed by atoms with Gasteiger partial charge in [-0.25, -0.2) is 0 Å². The van der Waals surface area contributed by atoms with E-state index in [1.165, 1.54) is 12.5 Å². The van der Waals surface area contributed by atoms with Gasteiger partial charge in [0, 0.05) is 12.8 Å². The summed E-state index contributed by atoms with van der Waals surface area (Å²) in [6, 6.07) is 0. The Balaban J connectivity index is 2.03. The molecule has 0 radical (unpaired) electrons. The van der Waals surface area contributed by atoms with E-state index in [-0.39, 0.29) is 30.4 Å². The Kier molecular flexibility index (Phi) is 4.53. The molecule has 1 unspecified atom stereocenters. The molecule has 4 heteroatoms. The molecule has 0 amide bonds. The fraction of sp³-hybridized carbons (Fsp3) is 0.600. The number of ether oxygens (including phenoxy) is 2. The number of ketones is 1. The molecule has 1 aliphatic carbocycles. The third kappa shape index (κ3) is 3.53. The maximum absolute atomic E-state index is 12.0. The average Bonchev–Trinajstić information content (AvgIpc) is 2.38. The third-order valence-electron chi connectivity index (χ3n) is 3.66. The SMILES string of the molecule is CC(=O)OC[C@@H]1C=CC(=O)[C@@H](C2CCCC=C2C)O1. The lowest BCUT2D eigenvalue weighted by Gasteiger charge is -2.33. The highest BCUT2D eigenvalue weighted by molar-refractivity contribution is 5.94. The van der Waals surface area contributed by atoms with Crippen molar-refractivity contribution in [3.63, 3.8) is 0 Å². The van der Waals surface area contributed by atoms with Crippen LogP contribution in [0.3, 0.4) is 0 Å². The minimum atomic E-state index is -0.429. The van der Waals surface area contributed by atoms with Crippen molar-refractivity contribution in [3.05, 3.63) is 23.8 Å². The van der Waals surface area contributed by atoms with E-state index in [2.05, 4.69) is 13.0 Å². The summed E-state index contributed by atoms with van der Waals surface area (Å²) in [6.45, 7) is 3.59. The van der Waals surface area contributed by atoms with Gasteiger partial charge in [-0.05, 0) is 38.3 Å². The lowest BCUT2D eigenvalue weighted by molar-refractivity contribution is -0.149. The smallest absolute Gasteiger partial charge is 0.302 e. The normalized spacial score (nSPS) is 30.9. The van der Waals surface area contributed by atoms with Crippen LogP contribution < -0.4 is 0 Å². The number of rotatable bonds is 3. The van der Waals surface area contributed by atoms with Gasteiger partial charge >= 0.3 is 5.97 Å². The van der Waals surface area contributed by atoms with Gasteiger partial charge in [-0.3, -0.25) is 9.59 Å². The molecule has 0 spiro atoms. The Bertz CT molecular complexity index is 422. The molecule has 0 saturated carbocycles. The Morgan fingerprint density at radius 2 is 2.32 bits per heavy atom. The minimum absolute atomic E-state index is 0.0127. The first-order chi connectivity index (χ1) is 9.08. The van der Waals surface area contributed by atoms with Gasteiger partial charge in [0.15, 0.2) is 5.78 Å². The zero-order chi connectivity index (χ0) is 13.8. The minimum Gasteiger partial charge on any atom is -0.463 e. The zero-order valence-electron chi connectivity index (χ0n) is 11.4. The van der Waals surface area contributed by atoms with E-state index in [0.717, 1.165) is 19.3 Å². The molecule has 1 heterocycles. The second kappa shape index (κ2) is 6.15. The van der Waals surface area contributed by atoms with Crippen LogP contribution in [0.15, 0.2) is 23.8 Å². The first-order valence-corrected chi connectivity index (χ1v) is 6.75. The van der Waals surface area contributed by atoms with Crippen LogP contribution in [0.5, 0.6) is 0 Å². The van der Waals surface area contributed by atoms with E-state index in [0.29, 0.717) is 0 Å². The molecule has 0 aromatic rings. The van der Waals surface area contributed by atoms with E-state index in [4.69, 9.17) is 9.47 Å². The summed E-state index contributed by atoms with van der Waals surface area (Å²) in [5, 5.41) is 0. The van der Waals surface area contributed by atoms with Crippen molar-refractivity contribution in [2.75, 3.05) is 6.61 Å². The molecule has 0 fully saturated rings. The maximum atomic E-state index is 12.0. The summed E-state index contributed by atoms with van der Waals surface area (Å²) in [6.07, 6.45) is 7.82.